The van der Waals surface area contributed by atoms with Crippen molar-refractivity contribution in [3.05, 3.63) is 64.0 Å². The van der Waals surface area contributed by atoms with Crippen molar-refractivity contribution in [3.63, 3.8) is 0 Å². The zero-order chi connectivity index (χ0) is 18.8. The summed E-state index contributed by atoms with van der Waals surface area (Å²) >= 11 is 0. The van der Waals surface area contributed by atoms with E-state index in [0.29, 0.717) is 10.9 Å². The first-order valence-electron chi connectivity index (χ1n) is 8.01. The molecule has 0 fully saturated rings. The van der Waals surface area contributed by atoms with Gasteiger partial charge in [0.1, 0.15) is 11.8 Å². The molecule has 7 nitrogen and oxygen atoms in total. The number of carbonyl (C=O) groups is 1. The molecule has 2 aromatic carbocycles. The van der Waals surface area contributed by atoms with Gasteiger partial charge in [-0.15, -0.1) is 0 Å². The Kier molecular flexibility index (Phi) is 4.62. The first kappa shape index (κ1) is 17.5. The fraction of sp³-hybridized carbons (Fsp3) is 0.211. The molecule has 7 heteroatoms. The van der Waals surface area contributed by atoms with Gasteiger partial charge in [-0.1, -0.05) is 24.3 Å². The predicted octanol–water partition coefficient (Wildman–Crippen LogP) is 2.33. The molecule has 1 heterocycles. The number of aryl methyl sites for hydroxylation is 1. The summed E-state index contributed by atoms with van der Waals surface area (Å²) in [4.78, 5) is 29.7. The van der Waals surface area contributed by atoms with E-state index in [-0.39, 0.29) is 18.2 Å². The summed E-state index contributed by atoms with van der Waals surface area (Å²) in [5.74, 6) is -0.971. The molecule has 3 rings (SSSR count). The van der Waals surface area contributed by atoms with Gasteiger partial charge in [0.15, 0.2) is 0 Å². The van der Waals surface area contributed by atoms with Crippen LogP contribution in [-0.4, -0.2) is 34.3 Å². The maximum Gasteiger partial charge on any atom is 0.348 e. The van der Waals surface area contributed by atoms with Gasteiger partial charge in [0.2, 0.25) is 0 Å². The highest BCUT2D eigenvalue weighted by Crippen LogP contribution is 2.20. The lowest BCUT2D eigenvalue weighted by Crippen LogP contribution is -2.41. The van der Waals surface area contributed by atoms with E-state index in [4.69, 9.17) is 4.42 Å². The normalized spacial score (nSPS) is 12.1. The molecule has 1 atom stereocenters. The van der Waals surface area contributed by atoms with Crippen LogP contribution in [0, 0.1) is 6.92 Å². The quantitative estimate of drug-likeness (QED) is 0.724. The monoisotopic (exact) mass is 354 g/mol. The summed E-state index contributed by atoms with van der Waals surface area (Å²) < 4.78 is 5.28. The second kappa shape index (κ2) is 6.87. The molecule has 0 saturated heterocycles. The maximum atomic E-state index is 12.3. The first-order chi connectivity index (χ1) is 12.4. The number of carboxylic acids is 1. The van der Waals surface area contributed by atoms with Crippen LogP contribution < -0.4 is 10.5 Å². The Hall–Kier alpha value is -3.35. The second-order valence-corrected chi connectivity index (χ2v) is 6.09. The number of benzene rings is 2. The molecule has 0 aliphatic carbocycles. The van der Waals surface area contributed by atoms with Crippen LogP contribution >= 0.6 is 0 Å². The largest absolute Gasteiger partial charge is 0.508 e. The van der Waals surface area contributed by atoms with E-state index >= 15 is 0 Å². The molecule has 2 N–H and O–H groups in total. The highest BCUT2D eigenvalue weighted by molar-refractivity contribution is 5.82. The third kappa shape index (κ3) is 3.37. The molecule has 0 radical (unpaired) electrons. The molecule has 0 unspecified atom stereocenters. The lowest BCUT2D eigenvalue weighted by Gasteiger charge is -2.24. The van der Waals surface area contributed by atoms with Gasteiger partial charge in [-0.05, 0) is 36.2 Å². The minimum absolute atomic E-state index is 0.0562. The summed E-state index contributed by atoms with van der Waals surface area (Å²) in [6.45, 7) is 1.79. The number of aromatic hydroxyl groups is 1. The maximum absolute atomic E-state index is 12.3. The van der Waals surface area contributed by atoms with E-state index in [1.165, 1.54) is 24.1 Å². The van der Waals surface area contributed by atoms with E-state index < -0.39 is 17.6 Å². The molecule has 0 aliphatic heterocycles. The Balaban J connectivity index is 1.98. The Morgan fingerprint density at radius 1 is 1.23 bits per heavy atom. The Morgan fingerprint density at radius 2 is 1.92 bits per heavy atom. The molecule has 0 bridgehead atoms. The number of hydrogen-bond donors (Lipinski definition) is 2. The lowest BCUT2D eigenvalue weighted by atomic mass is 10.1. The standard InChI is InChI=1S/C19H18N2O5/c1-11-4-3-5-14-16(11)18(25)26-19(20-14)21(2)15(17(23)24)10-12-6-8-13(22)9-7-12/h3-9,15,22H,10H2,1-2H3,(H,23,24)/t15-/m0/s1. The van der Waals surface area contributed by atoms with E-state index in [0.717, 1.165) is 11.1 Å². The Morgan fingerprint density at radius 3 is 2.58 bits per heavy atom. The number of fused-ring (bicyclic) bond motifs is 1. The van der Waals surface area contributed by atoms with Crippen LogP contribution in [0.15, 0.2) is 51.7 Å². The molecule has 134 valence electrons. The molecule has 0 amide bonds. The molecular weight excluding hydrogens is 336 g/mol. The van der Waals surface area contributed by atoms with Crippen molar-refractivity contribution < 1.29 is 19.4 Å². The van der Waals surface area contributed by atoms with Gasteiger partial charge in [-0.2, -0.15) is 4.98 Å². The van der Waals surface area contributed by atoms with Crippen LogP contribution in [0.3, 0.4) is 0 Å². The van der Waals surface area contributed by atoms with Crippen molar-refractivity contribution in [2.75, 3.05) is 11.9 Å². The van der Waals surface area contributed by atoms with Gasteiger partial charge in [-0.25, -0.2) is 9.59 Å². The van der Waals surface area contributed by atoms with E-state index in [2.05, 4.69) is 4.98 Å². The van der Waals surface area contributed by atoms with Crippen molar-refractivity contribution in [3.8, 4) is 5.75 Å². The van der Waals surface area contributed by atoms with E-state index in [1.54, 1.807) is 37.3 Å². The lowest BCUT2D eigenvalue weighted by molar-refractivity contribution is -0.138. The number of phenols is 1. The highest BCUT2D eigenvalue weighted by Gasteiger charge is 2.26. The number of nitrogens with zero attached hydrogens (tertiary/aromatic N) is 2. The average molecular weight is 354 g/mol. The minimum Gasteiger partial charge on any atom is -0.508 e. The number of carboxylic acid groups (broad SMARTS) is 1. The van der Waals surface area contributed by atoms with Crippen molar-refractivity contribution in [1.82, 2.24) is 4.98 Å². The summed E-state index contributed by atoms with van der Waals surface area (Å²) in [5.41, 5.74) is 1.37. The van der Waals surface area contributed by atoms with Crippen molar-refractivity contribution >= 4 is 22.9 Å². The van der Waals surface area contributed by atoms with Crippen LogP contribution in [0.1, 0.15) is 11.1 Å². The van der Waals surface area contributed by atoms with Crippen molar-refractivity contribution in [2.24, 2.45) is 0 Å². The number of rotatable bonds is 5. The summed E-state index contributed by atoms with van der Waals surface area (Å²) in [7, 11) is 1.52. The molecule has 26 heavy (non-hydrogen) atoms. The molecule has 0 aliphatic rings. The van der Waals surface area contributed by atoms with Crippen LogP contribution in [0.25, 0.3) is 10.9 Å². The zero-order valence-electron chi connectivity index (χ0n) is 14.3. The molecule has 3 aromatic rings. The third-order valence-electron chi connectivity index (χ3n) is 4.27. The number of anilines is 1. The van der Waals surface area contributed by atoms with Crippen LogP contribution in [0.2, 0.25) is 0 Å². The van der Waals surface area contributed by atoms with Crippen LogP contribution in [-0.2, 0) is 11.2 Å². The predicted molar refractivity (Wildman–Crippen MR) is 96.7 cm³/mol. The van der Waals surface area contributed by atoms with Crippen molar-refractivity contribution in [2.45, 2.75) is 19.4 Å². The zero-order valence-corrected chi connectivity index (χ0v) is 14.3. The number of aromatic nitrogens is 1. The smallest absolute Gasteiger partial charge is 0.348 e. The number of likely N-dealkylation sites (N-methyl/N-ethyl adjacent to an activating group) is 1. The van der Waals surface area contributed by atoms with Gasteiger partial charge < -0.3 is 19.5 Å². The number of phenolic OH excluding ortho intramolecular Hbond substituents is 1. The summed E-state index contributed by atoms with van der Waals surface area (Å²) in [6, 6.07) is 10.5. The number of hydrogen-bond acceptors (Lipinski definition) is 6. The SMILES string of the molecule is Cc1cccc2nc(N(C)[C@@H](Cc3ccc(O)cc3)C(=O)O)oc(=O)c12. The van der Waals surface area contributed by atoms with Gasteiger partial charge in [0.05, 0.1) is 10.9 Å². The van der Waals surface area contributed by atoms with Gasteiger partial charge in [0.25, 0.3) is 0 Å². The van der Waals surface area contributed by atoms with E-state index in [9.17, 15) is 19.8 Å². The second-order valence-electron chi connectivity index (χ2n) is 6.09. The van der Waals surface area contributed by atoms with Crippen LogP contribution in [0.5, 0.6) is 5.75 Å². The van der Waals surface area contributed by atoms with Gasteiger partial charge >= 0.3 is 17.6 Å². The first-order valence-corrected chi connectivity index (χ1v) is 8.01. The number of aliphatic carboxylic acids is 1. The fourth-order valence-electron chi connectivity index (χ4n) is 2.80. The summed E-state index contributed by atoms with van der Waals surface area (Å²) in [5, 5.41) is 19.3. The van der Waals surface area contributed by atoms with E-state index in [1.807, 2.05) is 0 Å². The summed E-state index contributed by atoms with van der Waals surface area (Å²) in [6.07, 6.45) is 0.156. The third-order valence-corrected chi connectivity index (χ3v) is 4.27. The van der Waals surface area contributed by atoms with Crippen LogP contribution in [0.4, 0.5) is 6.01 Å². The fourth-order valence-corrected chi connectivity index (χ4v) is 2.80. The average Bonchev–Trinajstić information content (AvgIpc) is 2.60. The molecule has 0 saturated carbocycles. The topological polar surface area (TPSA) is 104 Å². The molecule has 1 aromatic heterocycles. The van der Waals surface area contributed by atoms with Gasteiger partial charge in [0, 0.05) is 13.5 Å². The molecular formula is C19H18N2O5. The Bertz CT molecular complexity index is 1010. The molecule has 0 spiro atoms. The highest BCUT2D eigenvalue weighted by atomic mass is 16.4. The Labute approximate surface area is 149 Å². The van der Waals surface area contributed by atoms with Crippen molar-refractivity contribution in [1.29, 1.82) is 0 Å². The minimum atomic E-state index is -1.07. The van der Waals surface area contributed by atoms with Gasteiger partial charge in [-0.3, -0.25) is 0 Å².